The summed E-state index contributed by atoms with van der Waals surface area (Å²) in [5.74, 6) is 0. The zero-order valence-corrected chi connectivity index (χ0v) is 14.2. The monoisotopic (exact) mass is 352 g/mol. The molecular weight excluding hydrogens is 328 g/mol. The molecule has 0 amide bonds. The Hall–Kier alpha value is 0.350. The third kappa shape index (κ3) is 4.16. The molecule has 0 unspecified atom stereocenters. The minimum absolute atomic E-state index is 0.422. The fourth-order valence-electron chi connectivity index (χ4n) is 3.33. The van der Waals surface area contributed by atoms with Gasteiger partial charge in [0.2, 0.25) is 10.0 Å². The van der Waals surface area contributed by atoms with E-state index in [1.54, 1.807) is 4.31 Å². The number of rotatable bonds is 4. The number of alkyl halides is 1. The Kier molecular flexibility index (Phi) is 5.31. The SMILES string of the molecule is CS(=O)(=O)N1CCN(CC2(CBr)CCCCC2)CC1. The lowest BCUT2D eigenvalue weighted by molar-refractivity contribution is 0.0992. The number of halogens is 1. The van der Waals surface area contributed by atoms with Gasteiger partial charge in [0, 0.05) is 38.1 Å². The van der Waals surface area contributed by atoms with Crippen LogP contribution in [0.2, 0.25) is 0 Å². The molecule has 2 rings (SSSR count). The minimum Gasteiger partial charge on any atom is -0.300 e. The summed E-state index contributed by atoms with van der Waals surface area (Å²) in [6, 6.07) is 0. The van der Waals surface area contributed by atoms with E-state index in [0.717, 1.165) is 25.0 Å². The Bertz CT molecular complexity index is 385. The van der Waals surface area contributed by atoms with Crippen molar-refractivity contribution < 1.29 is 8.42 Å². The van der Waals surface area contributed by atoms with Crippen LogP contribution in [0.3, 0.4) is 0 Å². The Balaban J connectivity index is 1.88. The second-order valence-electron chi connectivity index (χ2n) is 6.13. The van der Waals surface area contributed by atoms with Gasteiger partial charge in [-0.2, -0.15) is 4.31 Å². The zero-order valence-electron chi connectivity index (χ0n) is 11.8. The van der Waals surface area contributed by atoms with E-state index in [1.807, 2.05) is 0 Å². The molecule has 1 saturated heterocycles. The van der Waals surface area contributed by atoms with Crippen molar-refractivity contribution in [3.05, 3.63) is 0 Å². The van der Waals surface area contributed by atoms with Crippen molar-refractivity contribution in [2.45, 2.75) is 32.1 Å². The highest BCUT2D eigenvalue weighted by atomic mass is 79.9. The molecule has 19 heavy (non-hydrogen) atoms. The first-order valence-electron chi connectivity index (χ1n) is 7.19. The van der Waals surface area contributed by atoms with Gasteiger partial charge in [0.15, 0.2) is 0 Å². The van der Waals surface area contributed by atoms with Gasteiger partial charge in [-0.3, -0.25) is 0 Å². The van der Waals surface area contributed by atoms with Gasteiger partial charge in [-0.25, -0.2) is 8.42 Å². The number of piperazine rings is 1. The first-order chi connectivity index (χ1) is 8.95. The molecule has 2 fully saturated rings. The van der Waals surface area contributed by atoms with E-state index >= 15 is 0 Å². The van der Waals surface area contributed by atoms with Gasteiger partial charge in [0.1, 0.15) is 0 Å². The number of hydrogen-bond acceptors (Lipinski definition) is 3. The molecule has 1 aliphatic heterocycles. The summed E-state index contributed by atoms with van der Waals surface area (Å²) in [6.07, 6.45) is 7.99. The molecule has 6 heteroatoms. The topological polar surface area (TPSA) is 40.6 Å². The molecule has 1 saturated carbocycles. The third-order valence-corrected chi connectivity index (χ3v) is 7.05. The van der Waals surface area contributed by atoms with E-state index < -0.39 is 10.0 Å². The third-order valence-electron chi connectivity index (χ3n) is 4.56. The van der Waals surface area contributed by atoms with E-state index in [0.29, 0.717) is 18.5 Å². The summed E-state index contributed by atoms with van der Waals surface area (Å²) in [7, 11) is -3.01. The van der Waals surface area contributed by atoms with Crippen LogP contribution < -0.4 is 0 Å². The van der Waals surface area contributed by atoms with Gasteiger partial charge in [0.05, 0.1) is 6.26 Å². The number of nitrogens with zero attached hydrogens (tertiary/aromatic N) is 2. The Labute approximate surface area is 125 Å². The van der Waals surface area contributed by atoms with Crippen LogP contribution >= 0.6 is 15.9 Å². The summed E-state index contributed by atoms with van der Waals surface area (Å²) in [4.78, 5) is 2.45. The molecule has 1 aliphatic carbocycles. The maximum Gasteiger partial charge on any atom is 0.211 e. The van der Waals surface area contributed by atoms with E-state index in [9.17, 15) is 8.42 Å². The Morgan fingerprint density at radius 3 is 2.11 bits per heavy atom. The van der Waals surface area contributed by atoms with Gasteiger partial charge in [-0.1, -0.05) is 35.2 Å². The second-order valence-corrected chi connectivity index (χ2v) is 8.68. The molecule has 0 aromatic heterocycles. The average Bonchev–Trinajstić information content (AvgIpc) is 2.39. The molecule has 0 spiro atoms. The van der Waals surface area contributed by atoms with Crippen LogP contribution in [0.4, 0.5) is 0 Å². The maximum absolute atomic E-state index is 11.5. The van der Waals surface area contributed by atoms with Gasteiger partial charge in [-0.05, 0) is 18.3 Å². The van der Waals surface area contributed by atoms with Crippen molar-refractivity contribution in [3.63, 3.8) is 0 Å². The van der Waals surface area contributed by atoms with E-state index in [4.69, 9.17) is 0 Å². The van der Waals surface area contributed by atoms with Crippen molar-refractivity contribution in [1.29, 1.82) is 0 Å². The fourth-order valence-corrected chi connectivity index (χ4v) is 4.89. The lowest BCUT2D eigenvalue weighted by Crippen LogP contribution is -2.51. The fraction of sp³-hybridized carbons (Fsp3) is 1.00. The van der Waals surface area contributed by atoms with E-state index in [1.165, 1.54) is 38.4 Å². The molecule has 112 valence electrons. The predicted octanol–water partition coefficient (Wildman–Crippen LogP) is 1.91. The van der Waals surface area contributed by atoms with Gasteiger partial charge >= 0.3 is 0 Å². The Morgan fingerprint density at radius 2 is 1.63 bits per heavy atom. The Morgan fingerprint density at radius 1 is 1.05 bits per heavy atom. The highest BCUT2D eigenvalue weighted by Gasteiger charge is 2.34. The number of sulfonamides is 1. The predicted molar refractivity (Wildman–Crippen MR) is 82.2 cm³/mol. The largest absolute Gasteiger partial charge is 0.300 e. The number of hydrogen-bond donors (Lipinski definition) is 0. The molecule has 0 aromatic carbocycles. The first kappa shape index (κ1) is 15.7. The molecule has 0 N–H and O–H groups in total. The molecule has 0 atom stereocenters. The van der Waals surface area contributed by atoms with Crippen LogP contribution in [0.1, 0.15) is 32.1 Å². The van der Waals surface area contributed by atoms with Crippen molar-refractivity contribution in [2.75, 3.05) is 44.3 Å². The normalized spacial score (nSPS) is 26.4. The van der Waals surface area contributed by atoms with Crippen LogP contribution in [0.25, 0.3) is 0 Å². The molecule has 4 nitrogen and oxygen atoms in total. The minimum atomic E-state index is -3.01. The second kappa shape index (κ2) is 6.41. The van der Waals surface area contributed by atoms with Crippen LogP contribution in [-0.4, -0.2) is 61.9 Å². The molecule has 0 bridgehead atoms. The van der Waals surface area contributed by atoms with Gasteiger partial charge in [-0.15, -0.1) is 0 Å². The van der Waals surface area contributed by atoms with Gasteiger partial charge in [0.25, 0.3) is 0 Å². The van der Waals surface area contributed by atoms with Crippen LogP contribution in [0.5, 0.6) is 0 Å². The standard InChI is InChI=1S/C13H25BrN2O2S/c1-19(17,18)16-9-7-15(8-10-16)12-13(11-14)5-3-2-4-6-13/h2-12H2,1H3. The average molecular weight is 353 g/mol. The van der Waals surface area contributed by atoms with E-state index in [-0.39, 0.29) is 0 Å². The molecular formula is C13H25BrN2O2S. The lowest BCUT2D eigenvalue weighted by Gasteiger charge is -2.42. The molecule has 0 radical (unpaired) electrons. The zero-order chi connectivity index (χ0) is 13.9. The molecule has 2 aliphatic rings. The summed E-state index contributed by atoms with van der Waals surface area (Å²) < 4.78 is 24.6. The first-order valence-corrected chi connectivity index (χ1v) is 10.2. The highest BCUT2D eigenvalue weighted by molar-refractivity contribution is 9.09. The quantitative estimate of drug-likeness (QED) is 0.725. The van der Waals surface area contributed by atoms with Crippen molar-refractivity contribution in [1.82, 2.24) is 9.21 Å². The summed E-state index contributed by atoms with van der Waals surface area (Å²) in [5.41, 5.74) is 0.422. The summed E-state index contributed by atoms with van der Waals surface area (Å²) in [6.45, 7) is 4.17. The smallest absolute Gasteiger partial charge is 0.211 e. The molecule has 0 aromatic rings. The summed E-state index contributed by atoms with van der Waals surface area (Å²) in [5, 5.41) is 1.08. The van der Waals surface area contributed by atoms with E-state index in [2.05, 4.69) is 20.8 Å². The van der Waals surface area contributed by atoms with Crippen LogP contribution in [-0.2, 0) is 10.0 Å². The highest BCUT2D eigenvalue weighted by Crippen LogP contribution is 2.38. The van der Waals surface area contributed by atoms with Crippen molar-refractivity contribution in [3.8, 4) is 0 Å². The van der Waals surface area contributed by atoms with Crippen molar-refractivity contribution >= 4 is 26.0 Å². The summed E-state index contributed by atoms with van der Waals surface area (Å²) >= 11 is 3.71. The lowest BCUT2D eigenvalue weighted by atomic mass is 9.75. The van der Waals surface area contributed by atoms with Gasteiger partial charge < -0.3 is 4.90 Å². The van der Waals surface area contributed by atoms with Crippen LogP contribution in [0.15, 0.2) is 0 Å². The van der Waals surface area contributed by atoms with Crippen LogP contribution in [0, 0.1) is 5.41 Å². The maximum atomic E-state index is 11.5. The van der Waals surface area contributed by atoms with Crippen molar-refractivity contribution in [2.24, 2.45) is 5.41 Å². The molecule has 1 heterocycles.